The van der Waals surface area contributed by atoms with Crippen LogP contribution in [0.5, 0.6) is 5.75 Å². The van der Waals surface area contributed by atoms with Crippen molar-refractivity contribution in [2.24, 2.45) is 5.92 Å². The van der Waals surface area contributed by atoms with E-state index in [1.807, 2.05) is 25.7 Å². The molecule has 2 aromatic heterocycles. The monoisotopic (exact) mass is 531 g/mol. The molecule has 10 heteroatoms. The summed E-state index contributed by atoms with van der Waals surface area (Å²) in [5.74, 6) is 0.349. The quantitative estimate of drug-likeness (QED) is 0.470. The van der Waals surface area contributed by atoms with Gasteiger partial charge in [-0.05, 0) is 57.9 Å². The molecule has 0 unspecified atom stereocenters. The summed E-state index contributed by atoms with van der Waals surface area (Å²) in [4.78, 5) is 38.0. The molecule has 3 aromatic rings. The lowest BCUT2D eigenvalue weighted by Gasteiger charge is -2.37. The maximum absolute atomic E-state index is 13.3. The molecule has 0 bridgehead atoms. The standard InChI is InChI=1S/C28H29N5O4S/c1-15(2)37-19-9-18(10-19)27(35)33-13-23-25(14-33)38-28(31-23)32-26(34)22-12-30-16(3)7-20(22)21-8-17(11-29)5-6-24(21)36-4/h5-8,12,15,18-19H,9-10,13-14H2,1-4H3,(H,31,32,34). The molecule has 1 fully saturated rings. The number of nitrogens with one attached hydrogen (secondary N) is 1. The lowest BCUT2D eigenvalue weighted by Crippen LogP contribution is -2.43. The molecule has 196 valence electrons. The van der Waals surface area contributed by atoms with Gasteiger partial charge in [-0.1, -0.05) is 11.3 Å². The van der Waals surface area contributed by atoms with Gasteiger partial charge in [0.25, 0.3) is 5.91 Å². The molecule has 1 saturated carbocycles. The number of pyridine rings is 1. The van der Waals surface area contributed by atoms with Gasteiger partial charge in [0.2, 0.25) is 5.91 Å². The van der Waals surface area contributed by atoms with E-state index in [0.29, 0.717) is 46.2 Å². The highest BCUT2D eigenvalue weighted by atomic mass is 32.1. The smallest absolute Gasteiger partial charge is 0.259 e. The number of hydrogen-bond donors (Lipinski definition) is 1. The Bertz CT molecular complexity index is 1410. The summed E-state index contributed by atoms with van der Waals surface area (Å²) < 4.78 is 11.3. The Kier molecular flexibility index (Phi) is 7.15. The summed E-state index contributed by atoms with van der Waals surface area (Å²) in [6.45, 7) is 6.81. The van der Waals surface area contributed by atoms with Gasteiger partial charge in [0.15, 0.2) is 5.13 Å². The number of rotatable bonds is 7. The van der Waals surface area contributed by atoms with E-state index in [4.69, 9.17) is 9.47 Å². The molecule has 2 aliphatic rings. The Morgan fingerprint density at radius 1 is 1.21 bits per heavy atom. The van der Waals surface area contributed by atoms with Crippen LogP contribution in [0.4, 0.5) is 5.13 Å². The van der Waals surface area contributed by atoms with Crippen molar-refractivity contribution >= 4 is 28.3 Å². The van der Waals surface area contributed by atoms with E-state index in [9.17, 15) is 14.9 Å². The first-order chi connectivity index (χ1) is 18.2. The Hall–Kier alpha value is -3.81. The number of fused-ring (bicyclic) bond motifs is 1. The van der Waals surface area contributed by atoms with Gasteiger partial charge in [-0.15, -0.1) is 0 Å². The number of nitrogens with zero attached hydrogens (tertiary/aromatic N) is 4. The highest BCUT2D eigenvalue weighted by molar-refractivity contribution is 7.16. The summed E-state index contributed by atoms with van der Waals surface area (Å²) in [7, 11) is 1.55. The minimum absolute atomic E-state index is 0.0101. The van der Waals surface area contributed by atoms with E-state index in [0.717, 1.165) is 29.1 Å². The van der Waals surface area contributed by atoms with Crippen molar-refractivity contribution in [2.75, 3.05) is 12.4 Å². The molecular formula is C28H29N5O4S. The zero-order valence-corrected chi connectivity index (χ0v) is 22.6. The van der Waals surface area contributed by atoms with E-state index in [2.05, 4.69) is 21.4 Å². The minimum atomic E-state index is -0.358. The lowest BCUT2D eigenvalue weighted by atomic mass is 9.81. The topological polar surface area (TPSA) is 117 Å². The largest absolute Gasteiger partial charge is 0.496 e. The molecule has 0 radical (unpaired) electrons. The van der Waals surface area contributed by atoms with Crippen LogP contribution in [0.2, 0.25) is 0 Å². The highest BCUT2D eigenvalue weighted by Gasteiger charge is 2.40. The first kappa shape index (κ1) is 25.8. The molecule has 1 N–H and O–H groups in total. The number of aromatic nitrogens is 2. The van der Waals surface area contributed by atoms with E-state index >= 15 is 0 Å². The summed E-state index contributed by atoms with van der Waals surface area (Å²) in [6.07, 6.45) is 3.40. The number of nitriles is 1. The molecule has 2 amide bonds. The summed E-state index contributed by atoms with van der Waals surface area (Å²) in [5.41, 5.74) is 3.60. The number of carbonyl (C=O) groups is 2. The Morgan fingerprint density at radius 3 is 2.68 bits per heavy atom. The number of thiazole rings is 1. The number of benzene rings is 1. The molecule has 1 aliphatic carbocycles. The number of amides is 2. The van der Waals surface area contributed by atoms with Crippen LogP contribution in [0.1, 0.15) is 58.9 Å². The first-order valence-electron chi connectivity index (χ1n) is 12.5. The van der Waals surface area contributed by atoms with Gasteiger partial charge in [0.1, 0.15) is 5.75 Å². The third kappa shape index (κ3) is 5.12. The third-order valence-corrected chi connectivity index (χ3v) is 7.80. The summed E-state index contributed by atoms with van der Waals surface area (Å²) in [6, 6.07) is 9.02. The normalized spacial score (nSPS) is 18.1. The second-order valence-corrected chi connectivity index (χ2v) is 11.0. The molecule has 5 rings (SSSR count). The first-order valence-corrected chi connectivity index (χ1v) is 13.4. The molecular weight excluding hydrogens is 502 g/mol. The average Bonchev–Trinajstić information content (AvgIpc) is 3.43. The zero-order valence-electron chi connectivity index (χ0n) is 21.8. The number of ether oxygens (including phenoxy) is 2. The van der Waals surface area contributed by atoms with E-state index in [1.165, 1.54) is 17.5 Å². The summed E-state index contributed by atoms with van der Waals surface area (Å²) in [5, 5.41) is 12.8. The zero-order chi connectivity index (χ0) is 27.0. The van der Waals surface area contributed by atoms with Gasteiger partial charge < -0.3 is 14.4 Å². The average molecular weight is 532 g/mol. The Labute approximate surface area is 225 Å². The second kappa shape index (κ2) is 10.5. The number of methoxy groups -OCH3 is 1. The predicted octanol–water partition coefficient (Wildman–Crippen LogP) is 4.69. The molecule has 3 heterocycles. The van der Waals surface area contributed by atoms with Crippen LogP contribution in [0.3, 0.4) is 0 Å². The van der Waals surface area contributed by atoms with Crippen molar-refractivity contribution in [3.05, 3.63) is 57.9 Å². The predicted molar refractivity (Wildman–Crippen MR) is 143 cm³/mol. The fourth-order valence-corrected chi connectivity index (χ4v) is 5.87. The lowest BCUT2D eigenvalue weighted by molar-refractivity contribution is -0.147. The van der Waals surface area contributed by atoms with Crippen LogP contribution in [0.15, 0.2) is 30.5 Å². The Morgan fingerprint density at radius 2 is 2.00 bits per heavy atom. The number of anilines is 1. The SMILES string of the molecule is COc1ccc(C#N)cc1-c1cc(C)ncc1C(=O)Nc1nc2c(s1)CN(C(=O)C1CC(OC(C)C)C1)C2. The van der Waals surface area contributed by atoms with E-state index in [1.54, 1.807) is 31.4 Å². The Balaban J connectivity index is 1.29. The molecule has 38 heavy (non-hydrogen) atoms. The van der Waals surface area contributed by atoms with E-state index < -0.39 is 0 Å². The van der Waals surface area contributed by atoms with E-state index in [-0.39, 0.29) is 29.9 Å². The van der Waals surface area contributed by atoms with Crippen LogP contribution < -0.4 is 10.1 Å². The van der Waals surface area contributed by atoms with Crippen molar-refractivity contribution in [1.82, 2.24) is 14.9 Å². The highest BCUT2D eigenvalue weighted by Crippen LogP contribution is 2.38. The maximum atomic E-state index is 13.3. The minimum Gasteiger partial charge on any atom is -0.496 e. The third-order valence-electron chi connectivity index (χ3n) is 6.80. The van der Waals surface area contributed by atoms with Crippen molar-refractivity contribution in [3.8, 4) is 22.9 Å². The van der Waals surface area contributed by atoms with Crippen molar-refractivity contribution in [3.63, 3.8) is 0 Å². The van der Waals surface area contributed by atoms with Gasteiger partial charge in [0.05, 0.1) is 60.2 Å². The van der Waals surface area contributed by atoms with Gasteiger partial charge in [-0.2, -0.15) is 5.26 Å². The molecule has 1 aromatic carbocycles. The fourth-order valence-electron chi connectivity index (χ4n) is 4.89. The second-order valence-electron chi connectivity index (χ2n) is 9.91. The van der Waals surface area contributed by atoms with Crippen LogP contribution in [0.25, 0.3) is 11.1 Å². The number of carbonyl (C=O) groups excluding carboxylic acids is 2. The van der Waals surface area contributed by atoms with Crippen molar-refractivity contribution in [2.45, 2.75) is 58.9 Å². The van der Waals surface area contributed by atoms with Gasteiger partial charge in [-0.25, -0.2) is 4.98 Å². The van der Waals surface area contributed by atoms with Crippen LogP contribution in [-0.2, 0) is 22.6 Å². The molecule has 1 aliphatic heterocycles. The number of hydrogen-bond acceptors (Lipinski definition) is 8. The van der Waals surface area contributed by atoms with Gasteiger partial charge in [-0.3, -0.25) is 19.9 Å². The fraction of sp³-hybridized carbons (Fsp3) is 0.393. The molecule has 9 nitrogen and oxygen atoms in total. The van der Waals surface area contributed by atoms with Crippen LogP contribution >= 0.6 is 11.3 Å². The molecule has 0 spiro atoms. The maximum Gasteiger partial charge on any atom is 0.259 e. The van der Waals surface area contributed by atoms with Crippen molar-refractivity contribution in [1.29, 1.82) is 5.26 Å². The van der Waals surface area contributed by atoms with Gasteiger partial charge in [0, 0.05) is 28.9 Å². The summed E-state index contributed by atoms with van der Waals surface area (Å²) >= 11 is 1.38. The molecule has 0 saturated heterocycles. The number of aryl methyl sites for hydroxylation is 1. The van der Waals surface area contributed by atoms with Gasteiger partial charge >= 0.3 is 0 Å². The molecule has 0 atom stereocenters. The van der Waals surface area contributed by atoms with Crippen molar-refractivity contribution < 1.29 is 19.1 Å². The van der Waals surface area contributed by atoms with Crippen LogP contribution in [-0.4, -0.2) is 46.0 Å². The van der Waals surface area contributed by atoms with Crippen LogP contribution in [0, 0.1) is 24.2 Å².